The minimum Gasteiger partial charge on any atom is -0.473 e. The number of pyridine rings is 1. The molecule has 1 saturated carbocycles. The summed E-state index contributed by atoms with van der Waals surface area (Å²) in [4.78, 5) is 25.9. The Labute approximate surface area is 220 Å². The Morgan fingerprint density at radius 1 is 1.32 bits per heavy atom. The maximum Gasteiger partial charge on any atom is 0.263 e. The Morgan fingerprint density at radius 2 is 2.08 bits per heavy atom. The van der Waals surface area contributed by atoms with Gasteiger partial charge in [0.2, 0.25) is 10.0 Å². The Hall–Kier alpha value is -3.86. The first kappa shape index (κ1) is 25.8. The molecule has 12 nitrogen and oxygen atoms in total. The summed E-state index contributed by atoms with van der Waals surface area (Å²) in [5, 5.41) is 20.0. The SMILES string of the molecule is Cn1c(=O)c(C(=O)NCc2ccc(C#N)cc2)cc2cnnc(OCC3(S(=O)(=O)N4CCCOC4)CC3)c21.[HH]. The van der Waals surface area contributed by atoms with Crippen molar-refractivity contribution < 1.29 is 24.1 Å². The van der Waals surface area contributed by atoms with Gasteiger partial charge in [-0.3, -0.25) is 9.59 Å². The molecule has 2 aromatic heterocycles. The number of carbonyl (C=O) groups is 1. The van der Waals surface area contributed by atoms with Crippen LogP contribution >= 0.6 is 0 Å². The van der Waals surface area contributed by atoms with E-state index in [1.54, 1.807) is 24.3 Å². The van der Waals surface area contributed by atoms with Crippen molar-refractivity contribution in [3.05, 3.63) is 63.6 Å². The molecule has 0 radical (unpaired) electrons. The zero-order valence-corrected chi connectivity index (χ0v) is 21.5. The number of nitrogens with zero attached hydrogens (tertiary/aromatic N) is 5. The third kappa shape index (κ3) is 4.73. The van der Waals surface area contributed by atoms with Crippen molar-refractivity contribution in [2.45, 2.75) is 30.6 Å². The normalized spacial score (nSPS) is 17.1. The monoisotopic (exact) mass is 540 g/mol. The number of rotatable bonds is 8. The number of carbonyl (C=O) groups excluding carboxylic acids is 1. The van der Waals surface area contributed by atoms with E-state index in [0.29, 0.717) is 48.9 Å². The zero-order valence-electron chi connectivity index (χ0n) is 20.7. The second-order valence-corrected chi connectivity index (χ2v) is 11.7. The lowest BCUT2D eigenvalue weighted by atomic mass is 10.1. The number of aryl methyl sites for hydroxylation is 1. The standard InChI is InChI=1S/C25H26N6O6S.H2/c1-30-21-19(11-20(24(30)33)22(32)27-13-18-5-3-17(12-26)4-6-18)14-28-29-23(21)37-15-25(7-8-25)38(34,35)31-9-2-10-36-16-31;/h3-6,11,14H,2,7-10,13,15-16H2,1H3,(H,27,32);1H. The molecule has 3 heterocycles. The molecule has 5 rings (SSSR count). The maximum atomic E-state index is 13.2. The van der Waals surface area contributed by atoms with Gasteiger partial charge in [0, 0.05) is 33.6 Å². The minimum atomic E-state index is -3.65. The molecule has 200 valence electrons. The Balaban J connectivity index is 0.00000353. The predicted molar refractivity (Wildman–Crippen MR) is 138 cm³/mol. The third-order valence-corrected chi connectivity index (χ3v) is 9.46. The van der Waals surface area contributed by atoms with Crippen molar-refractivity contribution in [3.63, 3.8) is 0 Å². The van der Waals surface area contributed by atoms with E-state index in [0.717, 1.165) is 5.56 Å². The molecule has 0 bridgehead atoms. The highest BCUT2D eigenvalue weighted by atomic mass is 32.2. The molecule has 3 aromatic rings. The molecular weight excluding hydrogens is 512 g/mol. The fourth-order valence-corrected chi connectivity index (χ4v) is 6.36. The number of fused-ring (bicyclic) bond motifs is 1. The first-order valence-electron chi connectivity index (χ1n) is 12.1. The highest BCUT2D eigenvalue weighted by Gasteiger charge is 2.58. The number of sulfonamides is 1. The van der Waals surface area contributed by atoms with Crippen molar-refractivity contribution in [1.82, 2.24) is 24.4 Å². The fourth-order valence-electron chi connectivity index (χ4n) is 4.41. The van der Waals surface area contributed by atoms with E-state index in [4.69, 9.17) is 14.7 Å². The van der Waals surface area contributed by atoms with Crippen LogP contribution in [0.3, 0.4) is 0 Å². The van der Waals surface area contributed by atoms with E-state index < -0.39 is 26.2 Å². The average Bonchev–Trinajstić information content (AvgIpc) is 3.75. The van der Waals surface area contributed by atoms with Gasteiger partial charge in [0.05, 0.1) is 17.8 Å². The van der Waals surface area contributed by atoms with Gasteiger partial charge in [0.15, 0.2) is 0 Å². The smallest absolute Gasteiger partial charge is 0.263 e. The molecule has 38 heavy (non-hydrogen) atoms. The average molecular weight is 541 g/mol. The molecule has 0 unspecified atom stereocenters. The number of amides is 1. The van der Waals surface area contributed by atoms with Crippen LogP contribution in [0.15, 0.2) is 41.3 Å². The second-order valence-electron chi connectivity index (χ2n) is 9.41. The molecule has 13 heteroatoms. The van der Waals surface area contributed by atoms with E-state index in [-0.39, 0.29) is 32.8 Å². The van der Waals surface area contributed by atoms with Crippen LogP contribution in [-0.2, 0) is 28.4 Å². The number of hydrogen-bond acceptors (Lipinski definition) is 9. The van der Waals surface area contributed by atoms with Gasteiger partial charge in [0.25, 0.3) is 17.3 Å². The van der Waals surface area contributed by atoms with Crippen molar-refractivity contribution in [3.8, 4) is 11.9 Å². The molecule has 1 aromatic carbocycles. The van der Waals surface area contributed by atoms with Crippen LogP contribution < -0.4 is 15.6 Å². The van der Waals surface area contributed by atoms with Crippen LogP contribution in [0, 0.1) is 11.3 Å². The largest absolute Gasteiger partial charge is 0.473 e. The summed E-state index contributed by atoms with van der Waals surface area (Å²) >= 11 is 0. The molecular formula is C25H28N6O6S. The first-order chi connectivity index (χ1) is 18.3. The number of aromatic nitrogens is 3. The maximum absolute atomic E-state index is 13.2. The van der Waals surface area contributed by atoms with E-state index in [1.165, 1.54) is 28.2 Å². The van der Waals surface area contributed by atoms with Gasteiger partial charge in [0.1, 0.15) is 29.2 Å². The molecule has 1 saturated heterocycles. The molecule has 0 spiro atoms. The summed E-state index contributed by atoms with van der Waals surface area (Å²) in [6.07, 6.45) is 2.95. The van der Waals surface area contributed by atoms with Crippen LogP contribution in [0.2, 0.25) is 0 Å². The number of benzene rings is 1. The summed E-state index contributed by atoms with van der Waals surface area (Å²) in [6, 6.07) is 10.2. The van der Waals surface area contributed by atoms with Crippen LogP contribution in [0.4, 0.5) is 0 Å². The van der Waals surface area contributed by atoms with Crippen LogP contribution in [0.25, 0.3) is 10.9 Å². The molecule has 2 aliphatic rings. The Bertz CT molecular complexity index is 1590. The highest BCUT2D eigenvalue weighted by Crippen LogP contribution is 2.46. The van der Waals surface area contributed by atoms with E-state index in [1.807, 2.05) is 6.07 Å². The molecule has 1 N–H and O–H groups in total. The van der Waals surface area contributed by atoms with E-state index in [2.05, 4.69) is 15.5 Å². The lowest BCUT2D eigenvalue weighted by Crippen LogP contribution is -2.46. The zero-order chi connectivity index (χ0) is 26.9. The van der Waals surface area contributed by atoms with Crippen molar-refractivity contribution in [1.29, 1.82) is 5.26 Å². The minimum absolute atomic E-state index is 0. The van der Waals surface area contributed by atoms with E-state index >= 15 is 0 Å². The lowest BCUT2D eigenvalue weighted by molar-refractivity contribution is 0.0302. The predicted octanol–water partition coefficient (Wildman–Crippen LogP) is 1.30. The van der Waals surface area contributed by atoms with Crippen LogP contribution in [0.5, 0.6) is 5.88 Å². The van der Waals surface area contributed by atoms with Gasteiger partial charge in [-0.05, 0) is 43.0 Å². The van der Waals surface area contributed by atoms with Gasteiger partial charge in [-0.15, -0.1) is 5.10 Å². The molecule has 2 fully saturated rings. The summed E-state index contributed by atoms with van der Waals surface area (Å²) in [5.74, 6) is -0.550. The summed E-state index contributed by atoms with van der Waals surface area (Å²) < 4.78 is 39.2. The Kier molecular flexibility index (Phi) is 6.87. The number of hydrogen-bond donors (Lipinski definition) is 1. The van der Waals surface area contributed by atoms with Crippen molar-refractivity contribution in [2.24, 2.45) is 7.05 Å². The quantitative estimate of drug-likeness (QED) is 0.445. The van der Waals surface area contributed by atoms with Gasteiger partial charge >= 0.3 is 0 Å². The first-order valence-corrected chi connectivity index (χ1v) is 13.5. The lowest BCUT2D eigenvalue weighted by Gasteiger charge is -2.30. The third-order valence-electron chi connectivity index (χ3n) is 6.87. The fraction of sp³-hybridized carbons (Fsp3) is 0.400. The molecule has 1 amide bonds. The van der Waals surface area contributed by atoms with Crippen LogP contribution in [-0.4, -0.2) is 64.6 Å². The van der Waals surface area contributed by atoms with Gasteiger partial charge in [-0.2, -0.15) is 14.7 Å². The molecule has 1 aliphatic heterocycles. The van der Waals surface area contributed by atoms with Gasteiger partial charge < -0.3 is 19.4 Å². The Morgan fingerprint density at radius 3 is 2.74 bits per heavy atom. The van der Waals surface area contributed by atoms with Gasteiger partial charge in [-0.1, -0.05) is 12.1 Å². The number of ether oxygens (including phenoxy) is 2. The summed E-state index contributed by atoms with van der Waals surface area (Å²) in [6.45, 7) is 1.00. The summed E-state index contributed by atoms with van der Waals surface area (Å²) in [7, 11) is -2.15. The second kappa shape index (κ2) is 10.1. The number of nitrogens with one attached hydrogen (secondary N) is 1. The summed E-state index contributed by atoms with van der Waals surface area (Å²) in [5.41, 5.74) is 0.943. The van der Waals surface area contributed by atoms with Crippen molar-refractivity contribution >= 4 is 26.8 Å². The molecule has 1 aliphatic carbocycles. The number of nitriles is 1. The van der Waals surface area contributed by atoms with Crippen molar-refractivity contribution in [2.75, 3.05) is 26.5 Å². The van der Waals surface area contributed by atoms with Crippen LogP contribution in [0.1, 0.15) is 42.2 Å². The van der Waals surface area contributed by atoms with E-state index in [9.17, 15) is 18.0 Å². The topological polar surface area (TPSA) is 157 Å². The molecule has 0 atom stereocenters. The van der Waals surface area contributed by atoms with Gasteiger partial charge in [-0.25, -0.2) is 8.42 Å². The highest BCUT2D eigenvalue weighted by molar-refractivity contribution is 7.90.